The van der Waals surface area contributed by atoms with E-state index >= 15 is 0 Å². The summed E-state index contributed by atoms with van der Waals surface area (Å²) >= 11 is 0. The summed E-state index contributed by atoms with van der Waals surface area (Å²) in [5.41, 5.74) is 1.22. The molecule has 0 spiro atoms. The number of ether oxygens (including phenoxy) is 1. The molecule has 1 aliphatic heterocycles. The van der Waals surface area contributed by atoms with Crippen molar-refractivity contribution in [3.05, 3.63) is 24.3 Å². The van der Waals surface area contributed by atoms with E-state index in [1.165, 1.54) is 7.05 Å². The van der Waals surface area contributed by atoms with Crippen molar-refractivity contribution in [1.82, 2.24) is 10.6 Å². The number of rotatable bonds is 3. The van der Waals surface area contributed by atoms with Crippen LogP contribution in [-0.4, -0.2) is 44.3 Å². The molecule has 2 rings (SSSR count). The highest BCUT2D eigenvalue weighted by atomic mass is 35.5. The van der Waals surface area contributed by atoms with Crippen LogP contribution in [0.3, 0.4) is 0 Å². The first kappa shape index (κ1) is 18.2. The van der Waals surface area contributed by atoms with Gasteiger partial charge in [0.1, 0.15) is 6.04 Å². The number of carbonyl (C=O) groups excluding carboxylic acids is 2. The van der Waals surface area contributed by atoms with Gasteiger partial charge in [-0.15, -0.1) is 12.4 Å². The molecule has 1 aromatic carbocycles. The van der Waals surface area contributed by atoms with Crippen LogP contribution in [0.25, 0.3) is 0 Å². The van der Waals surface area contributed by atoms with Crippen LogP contribution in [0.15, 0.2) is 24.3 Å². The molecule has 1 saturated heterocycles. The first-order valence-electron chi connectivity index (χ1n) is 6.85. The summed E-state index contributed by atoms with van der Waals surface area (Å²) in [6, 6.07) is 6.27. The number of amides is 3. The molecule has 22 heavy (non-hydrogen) atoms. The van der Waals surface area contributed by atoms with Gasteiger partial charge in [-0.25, -0.2) is 4.79 Å². The van der Waals surface area contributed by atoms with Gasteiger partial charge < -0.3 is 26.0 Å². The normalized spacial score (nSPS) is 20.5. The second-order valence-corrected chi connectivity index (χ2v) is 4.78. The highest BCUT2D eigenvalue weighted by molar-refractivity contribution is 5.96. The van der Waals surface area contributed by atoms with Gasteiger partial charge in [-0.2, -0.15) is 0 Å². The maximum Gasteiger partial charge on any atom is 0.318 e. The van der Waals surface area contributed by atoms with Gasteiger partial charge in [0, 0.05) is 25.0 Å². The van der Waals surface area contributed by atoms with Crippen molar-refractivity contribution >= 4 is 35.7 Å². The molecule has 0 aromatic heterocycles. The highest BCUT2D eigenvalue weighted by Crippen LogP contribution is 2.16. The Hall–Kier alpha value is -1.83. The van der Waals surface area contributed by atoms with E-state index in [0.717, 1.165) is 0 Å². The van der Waals surface area contributed by atoms with Gasteiger partial charge in [0.2, 0.25) is 5.91 Å². The van der Waals surface area contributed by atoms with Crippen molar-refractivity contribution in [2.24, 2.45) is 0 Å². The maximum atomic E-state index is 12.2. The van der Waals surface area contributed by atoms with Crippen molar-refractivity contribution in [3.63, 3.8) is 0 Å². The van der Waals surface area contributed by atoms with E-state index in [1.54, 1.807) is 24.3 Å². The number of urea groups is 1. The monoisotopic (exact) mass is 328 g/mol. The third kappa shape index (κ3) is 4.87. The van der Waals surface area contributed by atoms with Crippen LogP contribution >= 0.6 is 12.4 Å². The van der Waals surface area contributed by atoms with Crippen molar-refractivity contribution in [2.45, 2.75) is 19.1 Å². The van der Waals surface area contributed by atoms with Gasteiger partial charge in [0.25, 0.3) is 0 Å². The lowest BCUT2D eigenvalue weighted by molar-refractivity contribution is -0.123. The molecule has 0 aliphatic carbocycles. The minimum Gasteiger partial charge on any atom is -0.375 e. The summed E-state index contributed by atoms with van der Waals surface area (Å²) in [6.45, 7) is 3.12. The minimum atomic E-state index is -0.380. The van der Waals surface area contributed by atoms with Gasteiger partial charge in [-0.1, -0.05) is 6.07 Å². The summed E-state index contributed by atoms with van der Waals surface area (Å²) in [4.78, 5) is 23.5. The number of anilines is 2. The molecule has 8 heteroatoms. The zero-order valence-electron chi connectivity index (χ0n) is 12.5. The molecular weight excluding hydrogens is 308 g/mol. The van der Waals surface area contributed by atoms with Crippen LogP contribution < -0.4 is 21.3 Å². The summed E-state index contributed by atoms with van der Waals surface area (Å²) in [7, 11) is 1.54. The lowest BCUT2D eigenvalue weighted by Gasteiger charge is -2.29. The van der Waals surface area contributed by atoms with Crippen molar-refractivity contribution in [1.29, 1.82) is 0 Å². The van der Waals surface area contributed by atoms with Gasteiger partial charge in [-0.05, 0) is 25.1 Å². The zero-order chi connectivity index (χ0) is 15.2. The predicted molar refractivity (Wildman–Crippen MR) is 87.6 cm³/mol. The van der Waals surface area contributed by atoms with Crippen molar-refractivity contribution in [3.8, 4) is 0 Å². The Morgan fingerprint density at radius 2 is 1.95 bits per heavy atom. The van der Waals surface area contributed by atoms with Gasteiger partial charge >= 0.3 is 6.03 Å². The van der Waals surface area contributed by atoms with E-state index < -0.39 is 0 Å². The molecule has 1 heterocycles. The Morgan fingerprint density at radius 1 is 1.27 bits per heavy atom. The fraction of sp³-hybridized carbons (Fsp3) is 0.429. The number of nitrogens with one attached hydrogen (secondary N) is 4. The minimum absolute atomic E-state index is 0. The summed E-state index contributed by atoms with van der Waals surface area (Å²) in [5, 5.41) is 11.1. The van der Waals surface area contributed by atoms with Crippen LogP contribution in [0, 0.1) is 0 Å². The largest absolute Gasteiger partial charge is 0.375 e. The van der Waals surface area contributed by atoms with Gasteiger partial charge in [0.05, 0.1) is 12.7 Å². The average molecular weight is 329 g/mol. The van der Waals surface area contributed by atoms with Crippen molar-refractivity contribution in [2.75, 3.05) is 30.8 Å². The van der Waals surface area contributed by atoms with Crippen molar-refractivity contribution < 1.29 is 14.3 Å². The smallest absolute Gasteiger partial charge is 0.318 e. The molecule has 7 nitrogen and oxygen atoms in total. The van der Waals surface area contributed by atoms with Crippen LogP contribution in [0.4, 0.5) is 16.2 Å². The first-order valence-corrected chi connectivity index (χ1v) is 6.85. The van der Waals surface area contributed by atoms with E-state index in [2.05, 4.69) is 21.3 Å². The number of hydrogen-bond acceptors (Lipinski definition) is 4. The first-order chi connectivity index (χ1) is 10.1. The molecule has 3 amide bonds. The molecule has 0 radical (unpaired) electrons. The molecular formula is C14H21ClN4O3. The van der Waals surface area contributed by atoms with Crippen LogP contribution in [0.2, 0.25) is 0 Å². The molecule has 0 bridgehead atoms. The third-order valence-electron chi connectivity index (χ3n) is 3.21. The molecule has 2 atom stereocenters. The number of benzene rings is 1. The van der Waals surface area contributed by atoms with E-state index in [4.69, 9.17) is 4.74 Å². The predicted octanol–water partition coefficient (Wildman–Crippen LogP) is 1.18. The van der Waals surface area contributed by atoms with Gasteiger partial charge in [0.15, 0.2) is 0 Å². The van der Waals surface area contributed by atoms with E-state index in [-0.39, 0.29) is 36.5 Å². The Kier molecular flexibility index (Phi) is 7.10. The molecule has 122 valence electrons. The molecule has 0 unspecified atom stereocenters. The van der Waals surface area contributed by atoms with E-state index in [0.29, 0.717) is 24.5 Å². The van der Waals surface area contributed by atoms with Crippen LogP contribution in [0.5, 0.6) is 0 Å². The van der Waals surface area contributed by atoms with Gasteiger partial charge in [-0.3, -0.25) is 4.79 Å². The lowest BCUT2D eigenvalue weighted by Crippen LogP contribution is -2.53. The van der Waals surface area contributed by atoms with Crippen LogP contribution in [-0.2, 0) is 9.53 Å². The van der Waals surface area contributed by atoms with Crippen LogP contribution in [0.1, 0.15) is 6.92 Å². The molecule has 1 fully saturated rings. The second kappa shape index (κ2) is 8.57. The summed E-state index contributed by atoms with van der Waals surface area (Å²) in [6.07, 6.45) is -0.175. The SMILES string of the molecule is CNC(=O)Nc1cccc(NC(=O)[C@H]2NCCO[C@@H]2C)c1.Cl. The van der Waals surface area contributed by atoms with E-state index in [9.17, 15) is 9.59 Å². The Labute approximate surface area is 135 Å². The fourth-order valence-corrected chi connectivity index (χ4v) is 2.12. The lowest BCUT2D eigenvalue weighted by atomic mass is 10.1. The Balaban J connectivity index is 0.00000242. The molecule has 4 N–H and O–H groups in total. The maximum absolute atomic E-state index is 12.2. The number of hydrogen-bond donors (Lipinski definition) is 4. The molecule has 0 saturated carbocycles. The average Bonchev–Trinajstić information content (AvgIpc) is 2.47. The van der Waals surface area contributed by atoms with E-state index in [1.807, 2.05) is 6.92 Å². The second-order valence-electron chi connectivity index (χ2n) is 4.78. The fourth-order valence-electron chi connectivity index (χ4n) is 2.12. The standard InChI is InChI=1S/C14H20N4O3.ClH/c1-9-12(16-6-7-21-9)13(19)17-10-4-3-5-11(8-10)18-14(20)15-2;/h3-5,8-9,12,16H,6-7H2,1-2H3,(H,17,19)(H2,15,18,20);1H/t9-,12+;/m1./s1. The number of carbonyl (C=O) groups is 2. The quantitative estimate of drug-likeness (QED) is 0.670. The number of halogens is 1. The Morgan fingerprint density at radius 3 is 2.59 bits per heavy atom. The number of morpholine rings is 1. The zero-order valence-corrected chi connectivity index (χ0v) is 13.3. The third-order valence-corrected chi connectivity index (χ3v) is 3.21. The highest BCUT2D eigenvalue weighted by Gasteiger charge is 2.28. The summed E-state index contributed by atoms with van der Waals surface area (Å²) < 4.78 is 5.45. The molecule has 1 aliphatic rings. The molecule has 1 aromatic rings. The summed E-state index contributed by atoms with van der Waals surface area (Å²) in [5.74, 6) is -0.153. The Bertz CT molecular complexity index is 527. The topological polar surface area (TPSA) is 91.5 Å².